The molecule has 0 radical (unpaired) electrons. The van der Waals surface area contributed by atoms with E-state index in [1.165, 1.54) is 0 Å². The van der Waals surface area contributed by atoms with Gasteiger partial charge >= 0.3 is 0 Å². The Hall–Kier alpha value is -1.10. The zero-order chi connectivity index (χ0) is 15.2. The molecule has 4 nitrogen and oxygen atoms in total. The molecule has 5 heteroatoms. The molecule has 1 atom stereocenters. The lowest BCUT2D eigenvalue weighted by molar-refractivity contribution is -0.116. The van der Waals surface area contributed by atoms with E-state index >= 15 is 0 Å². The van der Waals surface area contributed by atoms with Crippen molar-refractivity contribution in [3.05, 3.63) is 29.3 Å². The number of carbonyl (C=O) groups is 1. The molecule has 1 aliphatic rings. The molecule has 0 bridgehead atoms. The van der Waals surface area contributed by atoms with E-state index in [9.17, 15) is 9.90 Å². The third-order valence-corrected chi connectivity index (χ3v) is 4.05. The summed E-state index contributed by atoms with van der Waals surface area (Å²) in [6, 6.07) is 7.67. The van der Waals surface area contributed by atoms with Gasteiger partial charge in [0.05, 0.1) is 6.10 Å². The first kappa shape index (κ1) is 16.3. The minimum absolute atomic E-state index is 0.0203. The number of rotatable bonds is 5. The van der Waals surface area contributed by atoms with Gasteiger partial charge in [-0.25, -0.2) is 0 Å². The fourth-order valence-corrected chi connectivity index (χ4v) is 2.95. The van der Waals surface area contributed by atoms with Crippen molar-refractivity contribution in [1.29, 1.82) is 0 Å². The number of hydrogen-bond acceptors (Lipinski definition) is 3. The van der Waals surface area contributed by atoms with E-state index in [2.05, 4.69) is 10.6 Å². The highest BCUT2D eigenvalue weighted by Crippen LogP contribution is 2.19. The third kappa shape index (κ3) is 5.65. The highest BCUT2D eigenvalue weighted by molar-refractivity contribution is 6.30. The Balaban J connectivity index is 1.74. The van der Waals surface area contributed by atoms with Crippen LogP contribution in [0.25, 0.3) is 0 Å². The largest absolute Gasteiger partial charge is 0.393 e. The van der Waals surface area contributed by atoms with E-state index in [0.29, 0.717) is 17.5 Å². The van der Waals surface area contributed by atoms with Crippen LogP contribution in [0.15, 0.2) is 24.3 Å². The number of anilines is 1. The highest BCUT2D eigenvalue weighted by atomic mass is 35.5. The summed E-state index contributed by atoms with van der Waals surface area (Å²) in [5.41, 5.74) is 0.723. The van der Waals surface area contributed by atoms with Crippen molar-refractivity contribution in [2.75, 3.05) is 5.32 Å². The maximum atomic E-state index is 12.0. The molecule has 0 heterocycles. The van der Waals surface area contributed by atoms with Crippen LogP contribution in [-0.4, -0.2) is 29.2 Å². The Morgan fingerprint density at radius 1 is 1.38 bits per heavy atom. The molecular weight excluding hydrogens is 288 g/mol. The first-order valence-corrected chi connectivity index (χ1v) is 7.90. The number of nitrogens with one attached hydrogen (secondary N) is 2. The fourth-order valence-electron chi connectivity index (χ4n) is 2.76. The summed E-state index contributed by atoms with van der Waals surface area (Å²) < 4.78 is 0. The second-order valence-corrected chi connectivity index (χ2v) is 6.27. The Bertz CT molecular complexity index is 473. The molecule has 0 aliphatic heterocycles. The van der Waals surface area contributed by atoms with Gasteiger partial charge in [0.1, 0.15) is 0 Å². The molecule has 0 spiro atoms. The van der Waals surface area contributed by atoms with Crippen molar-refractivity contribution >= 4 is 23.2 Å². The predicted molar refractivity (Wildman–Crippen MR) is 85.6 cm³/mol. The molecule has 1 aliphatic carbocycles. The first-order chi connectivity index (χ1) is 10.0. The van der Waals surface area contributed by atoms with Gasteiger partial charge in [-0.3, -0.25) is 4.79 Å². The molecule has 21 heavy (non-hydrogen) atoms. The summed E-state index contributed by atoms with van der Waals surface area (Å²) in [6.07, 6.45) is 3.91. The van der Waals surface area contributed by atoms with Crippen molar-refractivity contribution < 1.29 is 9.90 Å². The molecule has 1 saturated carbocycles. The van der Waals surface area contributed by atoms with Crippen LogP contribution >= 0.6 is 11.6 Å². The molecule has 1 aromatic carbocycles. The van der Waals surface area contributed by atoms with Crippen LogP contribution in [-0.2, 0) is 4.79 Å². The Morgan fingerprint density at radius 3 is 2.76 bits per heavy atom. The van der Waals surface area contributed by atoms with Gasteiger partial charge in [-0.05, 0) is 50.8 Å². The van der Waals surface area contributed by atoms with Crippen LogP contribution in [0.4, 0.5) is 5.69 Å². The summed E-state index contributed by atoms with van der Waals surface area (Å²) in [7, 11) is 0. The summed E-state index contributed by atoms with van der Waals surface area (Å²) in [5.74, 6) is -0.0203. The number of aliphatic hydroxyl groups is 1. The second-order valence-electron chi connectivity index (χ2n) is 5.84. The SMILES string of the molecule is CC(CC(=O)Nc1cccc(Cl)c1)NC1CCC(O)CC1. The summed E-state index contributed by atoms with van der Waals surface area (Å²) in [6.45, 7) is 2.02. The van der Waals surface area contributed by atoms with Crippen LogP contribution < -0.4 is 10.6 Å². The zero-order valence-electron chi connectivity index (χ0n) is 12.3. The number of amides is 1. The van der Waals surface area contributed by atoms with Crippen molar-refractivity contribution in [2.45, 2.75) is 57.2 Å². The Kier molecular flexibility index (Phi) is 6.03. The Labute approximate surface area is 130 Å². The molecule has 1 aromatic rings. The van der Waals surface area contributed by atoms with Gasteiger partial charge in [0, 0.05) is 29.2 Å². The maximum absolute atomic E-state index is 12.0. The smallest absolute Gasteiger partial charge is 0.225 e. The first-order valence-electron chi connectivity index (χ1n) is 7.52. The normalized spacial score (nSPS) is 23.6. The molecule has 0 saturated heterocycles. The average Bonchev–Trinajstić information content (AvgIpc) is 2.41. The van der Waals surface area contributed by atoms with E-state index in [1.807, 2.05) is 19.1 Å². The highest BCUT2D eigenvalue weighted by Gasteiger charge is 2.21. The van der Waals surface area contributed by atoms with E-state index in [0.717, 1.165) is 31.4 Å². The average molecular weight is 311 g/mol. The van der Waals surface area contributed by atoms with Crippen LogP contribution in [0.2, 0.25) is 5.02 Å². The predicted octanol–water partition coefficient (Wildman–Crippen LogP) is 2.95. The van der Waals surface area contributed by atoms with E-state index < -0.39 is 0 Å². The van der Waals surface area contributed by atoms with Gasteiger partial charge in [-0.2, -0.15) is 0 Å². The molecule has 1 unspecified atom stereocenters. The molecule has 2 rings (SSSR count). The minimum Gasteiger partial charge on any atom is -0.393 e. The van der Waals surface area contributed by atoms with Gasteiger partial charge in [0.25, 0.3) is 0 Å². The van der Waals surface area contributed by atoms with Gasteiger partial charge in [-0.1, -0.05) is 17.7 Å². The topological polar surface area (TPSA) is 61.4 Å². The van der Waals surface area contributed by atoms with Gasteiger partial charge in [0.2, 0.25) is 5.91 Å². The van der Waals surface area contributed by atoms with Crippen LogP contribution in [0.5, 0.6) is 0 Å². The monoisotopic (exact) mass is 310 g/mol. The number of hydrogen-bond donors (Lipinski definition) is 3. The summed E-state index contributed by atoms with van der Waals surface area (Å²) in [5, 5.41) is 16.4. The molecule has 0 aromatic heterocycles. The number of carbonyl (C=O) groups excluding carboxylic acids is 1. The van der Waals surface area contributed by atoms with Crippen LogP contribution in [0, 0.1) is 0 Å². The van der Waals surface area contributed by atoms with E-state index in [1.54, 1.807) is 12.1 Å². The number of aliphatic hydroxyl groups excluding tert-OH is 1. The van der Waals surface area contributed by atoms with E-state index in [4.69, 9.17) is 11.6 Å². The molecule has 116 valence electrons. The minimum atomic E-state index is -0.149. The van der Waals surface area contributed by atoms with Gasteiger partial charge < -0.3 is 15.7 Å². The summed E-state index contributed by atoms with van der Waals surface area (Å²) >= 11 is 5.89. The van der Waals surface area contributed by atoms with Crippen LogP contribution in [0.3, 0.4) is 0 Å². The standard InChI is InChI=1S/C16H23ClN2O2/c1-11(18-13-5-7-15(20)8-6-13)9-16(21)19-14-4-2-3-12(17)10-14/h2-4,10-11,13,15,18,20H,5-9H2,1H3,(H,19,21). The molecule has 1 amide bonds. The fraction of sp³-hybridized carbons (Fsp3) is 0.562. The second kappa shape index (κ2) is 7.78. The van der Waals surface area contributed by atoms with Crippen molar-refractivity contribution in [3.8, 4) is 0 Å². The molecular formula is C16H23ClN2O2. The third-order valence-electron chi connectivity index (χ3n) is 3.82. The number of benzene rings is 1. The van der Waals surface area contributed by atoms with Crippen molar-refractivity contribution in [3.63, 3.8) is 0 Å². The maximum Gasteiger partial charge on any atom is 0.225 e. The van der Waals surface area contributed by atoms with Crippen molar-refractivity contribution in [1.82, 2.24) is 5.32 Å². The lowest BCUT2D eigenvalue weighted by Crippen LogP contribution is -2.41. The van der Waals surface area contributed by atoms with Gasteiger partial charge in [-0.15, -0.1) is 0 Å². The lowest BCUT2D eigenvalue weighted by atomic mass is 9.92. The number of halogens is 1. The Morgan fingerprint density at radius 2 is 2.10 bits per heavy atom. The molecule has 1 fully saturated rings. The van der Waals surface area contributed by atoms with Crippen LogP contribution in [0.1, 0.15) is 39.0 Å². The quantitative estimate of drug-likeness (QED) is 0.783. The van der Waals surface area contributed by atoms with Gasteiger partial charge in [0.15, 0.2) is 0 Å². The van der Waals surface area contributed by atoms with E-state index in [-0.39, 0.29) is 18.1 Å². The molecule has 3 N–H and O–H groups in total. The zero-order valence-corrected chi connectivity index (χ0v) is 13.1. The lowest BCUT2D eigenvalue weighted by Gasteiger charge is -2.28. The summed E-state index contributed by atoms with van der Waals surface area (Å²) in [4.78, 5) is 12.0. The van der Waals surface area contributed by atoms with Crippen molar-refractivity contribution in [2.24, 2.45) is 0 Å².